The third kappa shape index (κ3) is 5.66. The molecule has 0 radical (unpaired) electrons. The fourth-order valence-corrected chi connectivity index (χ4v) is 4.72. The fraction of sp³-hybridized carbons (Fsp3) is 0.292. The normalized spacial score (nSPS) is 15.9. The Bertz CT molecular complexity index is 1230. The van der Waals surface area contributed by atoms with Gasteiger partial charge in [0.15, 0.2) is 5.69 Å². The molecule has 36 heavy (non-hydrogen) atoms. The first-order valence-corrected chi connectivity index (χ1v) is 12.0. The van der Waals surface area contributed by atoms with Crippen molar-refractivity contribution in [3.63, 3.8) is 0 Å². The molecular weight excluding hydrogens is 487 g/mol. The first-order valence-electron chi connectivity index (χ1n) is 11.2. The SMILES string of the molecule is NC(=O)c1nsc(C(=O)N(Cc2ccc(F)cc2)C(C(=O)NCC2CCCO2)c2ccncc2)c1N. The van der Waals surface area contributed by atoms with Crippen molar-refractivity contribution >= 4 is 34.9 Å². The smallest absolute Gasteiger partial charge is 0.270 e. The lowest BCUT2D eigenvalue weighted by Gasteiger charge is -2.31. The number of ether oxygens (including phenoxy) is 1. The summed E-state index contributed by atoms with van der Waals surface area (Å²) in [4.78, 5) is 44.3. The van der Waals surface area contributed by atoms with E-state index in [0.29, 0.717) is 17.7 Å². The third-order valence-electron chi connectivity index (χ3n) is 5.79. The summed E-state index contributed by atoms with van der Waals surface area (Å²) >= 11 is 0.721. The highest BCUT2D eigenvalue weighted by atomic mass is 32.1. The van der Waals surface area contributed by atoms with Gasteiger partial charge < -0.3 is 26.4 Å². The molecule has 188 valence electrons. The topological polar surface area (TPSA) is 154 Å². The van der Waals surface area contributed by atoms with Gasteiger partial charge in [0.2, 0.25) is 5.91 Å². The Morgan fingerprint density at radius 2 is 1.92 bits per heavy atom. The van der Waals surface area contributed by atoms with Gasteiger partial charge in [-0.2, -0.15) is 4.37 Å². The van der Waals surface area contributed by atoms with E-state index in [4.69, 9.17) is 16.2 Å². The summed E-state index contributed by atoms with van der Waals surface area (Å²) in [6.07, 6.45) is 4.66. The quantitative estimate of drug-likeness (QED) is 0.396. The number of halogens is 1. The molecule has 0 aliphatic carbocycles. The van der Waals surface area contributed by atoms with E-state index in [1.54, 1.807) is 12.1 Å². The standard InChI is InChI=1S/C24H25FN6O4S/c25-16-5-3-14(4-6-16)13-31(24(34)21-18(26)19(22(27)32)30-36-21)20(15-7-9-28-10-8-15)23(33)29-12-17-2-1-11-35-17/h3-10,17,20H,1-2,11-13,26H2,(H2,27,32)(H,29,33). The number of nitrogens with one attached hydrogen (secondary N) is 1. The van der Waals surface area contributed by atoms with Crippen LogP contribution in [-0.4, -0.2) is 51.2 Å². The van der Waals surface area contributed by atoms with Gasteiger partial charge >= 0.3 is 0 Å². The van der Waals surface area contributed by atoms with Crippen LogP contribution >= 0.6 is 11.5 Å². The van der Waals surface area contributed by atoms with E-state index in [9.17, 15) is 18.8 Å². The average molecular weight is 513 g/mol. The number of anilines is 1. The molecule has 2 unspecified atom stereocenters. The van der Waals surface area contributed by atoms with Crippen LogP contribution < -0.4 is 16.8 Å². The highest BCUT2D eigenvalue weighted by Crippen LogP contribution is 2.30. The molecule has 3 amide bonds. The number of nitrogens with zero attached hydrogens (tertiary/aromatic N) is 3. The number of primary amides is 1. The Labute approximate surface area is 210 Å². The van der Waals surface area contributed by atoms with Crippen molar-refractivity contribution in [1.82, 2.24) is 19.6 Å². The molecule has 1 saturated heterocycles. The number of carbonyl (C=O) groups excluding carboxylic acids is 3. The predicted molar refractivity (Wildman–Crippen MR) is 130 cm³/mol. The Kier molecular flexibility index (Phi) is 7.86. The molecule has 2 aromatic heterocycles. The minimum absolute atomic E-state index is 0.0307. The van der Waals surface area contributed by atoms with E-state index in [1.165, 1.54) is 41.6 Å². The summed E-state index contributed by atoms with van der Waals surface area (Å²) < 4.78 is 23.1. The van der Waals surface area contributed by atoms with Crippen LogP contribution in [0.3, 0.4) is 0 Å². The maximum atomic E-state index is 13.8. The van der Waals surface area contributed by atoms with Crippen LogP contribution in [0.1, 0.15) is 50.2 Å². The number of hydrogen-bond donors (Lipinski definition) is 3. The van der Waals surface area contributed by atoms with E-state index in [2.05, 4.69) is 14.7 Å². The maximum Gasteiger partial charge on any atom is 0.270 e. The van der Waals surface area contributed by atoms with Crippen molar-refractivity contribution in [2.24, 2.45) is 5.73 Å². The number of carbonyl (C=O) groups is 3. The van der Waals surface area contributed by atoms with Gasteiger partial charge in [-0.25, -0.2) is 4.39 Å². The summed E-state index contributed by atoms with van der Waals surface area (Å²) in [6, 6.07) is 7.75. The van der Waals surface area contributed by atoms with Crippen LogP contribution in [-0.2, 0) is 16.1 Å². The van der Waals surface area contributed by atoms with Gasteiger partial charge in [-0.05, 0) is 59.8 Å². The number of benzene rings is 1. The number of aromatic nitrogens is 2. The van der Waals surface area contributed by atoms with Gasteiger partial charge in [-0.3, -0.25) is 19.4 Å². The van der Waals surface area contributed by atoms with Crippen LogP contribution in [0, 0.1) is 5.82 Å². The zero-order valence-electron chi connectivity index (χ0n) is 19.2. The van der Waals surface area contributed by atoms with Gasteiger partial charge in [0.1, 0.15) is 16.7 Å². The van der Waals surface area contributed by atoms with Crippen molar-refractivity contribution in [1.29, 1.82) is 0 Å². The molecule has 12 heteroatoms. The van der Waals surface area contributed by atoms with Crippen molar-refractivity contribution in [2.75, 3.05) is 18.9 Å². The average Bonchev–Trinajstić information content (AvgIpc) is 3.53. The second-order valence-electron chi connectivity index (χ2n) is 8.26. The maximum absolute atomic E-state index is 13.8. The first kappa shape index (κ1) is 25.2. The fourth-order valence-electron chi connectivity index (χ4n) is 3.96. The number of rotatable bonds is 9. The Morgan fingerprint density at radius 1 is 1.19 bits per heavy atom. The minimum Gasteiger partial charge on any atom is -0.395 e. The highest BCUT2D eigenvalue weighted by molar-refractivity contribution is 7.09. The molecule has 5 N–H and O–H groups in total. The van der Waals surface area contributed by atoms with Crippen LogP contribution in [0.25, 0.3) is 0 Å². The van der Waals surface area contributed by atoms with Gasteiger partial charge in [0.25, 0.3) is 11.8 Å². The second-order valence-corrected chi connectivity index (χ2v) is 9.03. The van der Waals surface area contributed by atoms with Gasteiger partial charge in [-0.1, -0.05) is 12.1 Å². The van der Waals surface area contributed by atoms with Gasteiger partial charge in [0, 0.05) is 32.1 Å². The van der Waals surface area contributed by atoms with E-state index in [1.807, 2.05) is 0 Å². The molecule has 4 rings (SSSR count). The number of nitrogen functional groups attached to an aromatic ring is 1. The Morgan fingerprint density at radius 3 is 2.53 bits per heavy atom. The zero-order chi connectivity index (χ0) is 25.7. The largest absolute Gasteiger partial charge is 0.395 e. The highest BCUT2D eigenvalue weighted by Gasteiger charge is 2.35. The summed E-state index contributed by atoms with van der Waals surface area (Å²) in [5.41, 5.74) is 12.1. The Balaban J connectivity index is 1.73. The van der Waals surface area contributed by atoms with E-state index in [0.717, 1.165) is 24.4 Å². The number of amides is 3. The molecule has 0 spiro atoms. The van der Waals surface area contributed by atoms with Crippen molar-refractivity contribution in [3.8, 4) is 0 Å². The monoisotopic (exact) mass is 512 g/mol. The molecule has 0 saturated carbocycles. The molecule has 10 nitrogen and oxygen atoms in total. The molecule has 3 heterocycles. The third-order valence-corrected chi connectivity index (χ3v) is 6.64. The molecule has 1 fully saturated rings. The predicted octanol–water partition coefficient (Wildman–Crippen LogP) is 2.04. The van der Waals surface area contributed by atoms with E-state index in [-0.39, 0.29) is 35.5 Å². The summed E-state index contributed by atoms with van der Waals surface area (Å²) in [5.74, 6) is -2.37. The van der Waals surface area contributed by atoms with Crippen LogP contribution in [0.15, 0.2) is 48.8 Å². The molecular formula is C24H25FN6O4S. The lowest BCUT2D eigenvalue weighted by molar-refractivity contribution is -0.126. The number of nitrogens with two attached hydrogens (primary N) is 2. The summed E-state index contributed by atoms with van der Waals surface area (Å²) in [6.45, 7) is 0.868. The molecule has 1 aliphatic heterocycles. The van der Waals surface area contributed by atoms with E-state index < -0.39 is 29.6 Å². The first-order chi connectivity index (χ1) is 17.3. The van der Waals surface area contributed by atoms with Crippen molar-refractivity contribution in [3.05, 3.63) is 76.3 Å². The summed E-state index contributed by atoms with van der Waals surface area (Å²) in [5, 5.41) is 2.89. The molecule has 0 bridgehead atoms. The van der Waals surface area contributed by atoms with Gasteiger partial charge in [-0.15, -0.1) is 0 Å². The molecule has 1 aromatic carbocycles. The molecule has 3 aromatic rings. The van der Waals surface area contributed by atoms with Crippen molar-refractivity contribution in [2.45, 2.75) is 31.5 Å². The van der Waals surface area contributed by atoms with E-state index >= 15 is 0 Å². The van der Waals surface area contributed by atoms with Crippen LogP contribution in [0.5, 0.6) is 0 Å². The van der Waals surface area contributed by atoms with Crippen molar-refractivity contribution < 1.29 is 23.5 Å². The minimum atomic E-state index is -1.09. The molecule has 1 aliphatic rings. The van der Waals surface area contributed by atoms with Crippen LogP contribution in [0.4, 0.5) is 10.1 Å². The summed E-state index contributed by atoms with van der Waals surface area (Å²) in [7, 11) is 0. The zero-order valence-corrected chi connectivity index (χ0v) is 20.0. The number of pyridine rings is 1. The van der Waals surface area contributed by atoms with Gasteiger partial charge in [0.05, 0.1) is 11.8 Å². The second kappa shape index (κ2) is 11.2. The lowest BCUT2D eigenvalue weighted by atomic mass is 10.0. The Hall–Kier alpha value is -3.90. The van der Waals surface area contributed by atoms with Crippen LogP contribution in [0.2, 0.25) is 0 Å². The molecule has 2 atom stereocenters. The lowest BCUT2D eigenvalue weighted by Crippen LogP contribution is -2.45. The number of hydrogen-bond acceptors (Lipinski definition) is 8.